The number of nitrogens with zero attached hydrogens (tertiary/aromatic N) is 4. The smallest absolute Gasteiger partial charge is 0.184 e. The van der Waals surface area contributed by atoms with E-state index in [9.17, 15) is 18.4 Å². The van der Waals surface area contributed by atoms with Crippen LogP contribution in [0.2, 0.25) is 10.0 Å². The number of ketones is 2. The molecule has 0 aliphatic heterocycles. The number of benzene rings is 2. The van der Waals surface area contributed by atoms with E-state index in [1.165, 1.54) is 12.1 Å². The summed E-state index contributed by atoms with van der Waals surface area (Å²) in [5.41, 5.74) is 4.98. The zero-order valence-electron chi connectivity index (χ0n) is 22.4. The van der Waals surface area contributed by atoms with Gasteiger partial charge >= 0.3 is 0 Å². The highest BCUT2D eigenvalue weighted by atomic mass is 79.9. The number of fused-ring (bicyclic) bond motifs is 6. The van der Waals surface area contributed by atoms with Gasteiger partial charge in [0.15, 0.2) is 11.6 Å². The third-order valence-electron chi connectivity index (χ3n) is 7.93. The third kappa shape index (κ3) is 4.79. The topological polar surface area (TPSA) is 68.7 Å². The molecule has 2 atom stereocenters. The van der Waals surface area contributed by atoms with Crippen LogP contribution in [0.5, 0.6) is 0 Å². The monoisotopic (exact) mass is 756 g/mol. The van der Waals surface area contributed by atoms with Crippen LogP contribution in [0.3, 0.4) is 0 Å². The molecule has 4 aromatic heterocycles. The van der Waals surface area contributed by atoms with E-state index in [1.54, 1.807) is 33.3 Å². The molecule has 2 aliphatic rings. The number of hydrogen-bond donors (Lipinski definition) is 0. The Hall–Kier alpha value is -3.44. The number of carbonyl (C=O) groups excluding carboxylic acids is 2. The van der Waals surface area contributed by atoms with Crippen LogP contribution in [0.1, 0.15) is 68.2 Å². The second-order valence-electron chi connectivity index (χ2n) is 10.5. The van der Waals surface area contributed by atoms with Gasteiger partial charge in [-0.2, -0.15) is 0 Å². The maximum absolute atomic E-state index is 13.7. The lowest BCUT2D eigenvalue weighted by molar-refractivity contribution is 0.0979. The van der Waals surface area contributed by atoms with Gasteiger partial charge in [-0.3, -0.25) is 9.59 Å². The van der Waals surface area contributed by atoms with Crippen molar-refractivity contribution in [2.24, 2.45) is 0 Å². The molecule has 0 N–H and O–H groups in total. The second-order valence-corrected chi connectivity index (χ2v) is 13.0. The summed E-state index contributed by atoms with van der Waals surface area (Å²) in [6.45, 7) is 0. The Morgan fingerprint density at radius 3 is 1.45 bits per heavy atom. The van der Waals surface area contributed by atoms with Gasteiger partial charge in [0, 0.05) is 59.2 Å². The van der Waals surface area contributed by atoms with Gasteiger partial charge < -0.3 is 8.80 Å². The fraction of sp³-hybridized carbons (Fsp3) is 0.125. The summed E-state index contributed by atoms with van der Waals surface area (Å²) < 4.78 is 31.6. The summed E-state index contributed by atoms with van der Waals surface area (Å²) in [6, 6.07) is 17.6. The van der Waals surface area contributed by atoms with E-state index >= 15 is 0 Å². The Bertz CT molecular complexity index is 2030. The molecular weight excluding hydrogens is 741 g/mol. The Morgan fingerprint density at radius 1 is 0.682 bits per heavy atom. The van der Waals surface area contributed by atoms with E-state index in [-0.39, 0.29) is 23.4 Å². The van der Waals surface area contributed by atoms with Crippen LogP contribution < -0.4 is 0 Å². The summed E-state index contributed by atoms with van der Waals surface area (Å²) in [4.78, 5) is 33.1. The molecule has 0 radical (unpaired) electrons. The predicted octanol–water partition coefficient (Wildman–Crippen LogP) is 9.22. The van der Waals surface area contributed by atoms with Gasteiger partial charge in [-0.1, -0.05) is 59.6 Å². The number of Topliss-reactive ketones (excluding diaryl/α,β-unsaturated/α-hetero) is 2. The highest BCUT2D eigenvalue weighted by molar-refractivity contribution is 9.10. The summed E-state index contributed by atoms with van der Waals surface area (Å²) in [7, 11) is 0. The third-order valence-corrected chi connectivity index (χ3v) is 9.79. The molecule has 0 amide bonds. The van der Waals surface area contributed by atoms with Gasteiger partial charge in [-0.15, -0.1) is 0 Å². The lowest BCUT2D eigenvalue weighted by Gasteiger charge is -2.13. The Balaban J connectivity index is 0.000000142. The SMILES string of the molecule is O=C1C[C@@H](c2ccccc2Cl)c2c1nc1cc(F)c(Br)cn21.O=C1C[C@H](c2ccccc2Cl)c2c1nc1cc(F)c(Br)cn21. The standard InChI is InChI=1S/2C16H9BrClFN2O/c2*17-10-7-21-14(6-12(10)19)20-15-13(22)5-9(16(15)21)8-3-1-2-4-11(8)18/h2*1-4,6-7,9H,5H2/t2*9-/m10/s1. The number of rotatable bonds is 2. The van der Waals surface area contributed by atoms with E-state index in [2.05, 4.69) is 41.8 Å². The normalized spacial score (nSPS) is 17.2. The Labute approximate surface area is 275 Å². The lowest BCUT2D eigenvalue weighted by Crippen LogP contribution is -2.03. The van der Waals surface area contributed by atoms with Crippen molar-refractivity contribution in [3.05, 3.63) is 138 Å². The molecule has 0 fully saturated rings. The molecule has 0 spiro atoms. The van der Waals surface area contributed by atoms with Gasteiger partial charge in [0.2, 0.25) is 0 Å². The molecule has 0 unspecified atom stereocenters. The van der Waals surface area contributed by atoms with Crippen molar-refractivity contribution in [3.63, 3.8) is 0 Å². The van der Waals surface area contributed by atoms with Crippen molar-refractivity contribution < 1.29 is 18.4 Å². The highest BCUT2D eigenvalue weighted by Crippen LogP contribution is 2.42. The average molecular weight is 759 g/mol. The summed E-state index contributed by atoms with van der Waals surface area (Å²) in [5.74, 6) is -1.22. The van der Waals surface area contributed by atoms with Gasteiger partial charge in [-0.05, 0) is 55.1 Å². The number of hydrogen-bond acceptors (Lipinski definition) is 4. The zero-order valence-corrected chi connectivity index (χ0v) is 27.1. The molecule has 0 saturated heterocycles. The number of aromatic nitrogens is 4. The van der Waals surface area contributed by atoms with Crippen LogP contribution in [-0.2, 0) is 0 Å². The maximum atomic E-state index is 13.7. The minimum atomic E-state index is -0.405. The van der Waals surface area contributed by atoms with E-state index in [0.29, 0.717) is 54.5 Å². The van der Waals surface area contributed by atoms with Crippen LogP contribution in [0.25, 0.3) is 11.3 Å². The summed E-state index contributed by atoms with van der Waals surface area (Å²) in [5, 5.41) is 1.23. The van der Waals surface area contributed by atoms with Crippen LogP contribution in [0.4, 0.5) is 8.78 Å². The van der Waals surface area contributed by atoms with Crippen molar-refractivity contribution in [3.8, 4) is 0 Å². The second kappa shape index (κ2) is 11.2. The van der Waals surface area contributed by atoms with Crippen molar-refractivity contribution >= 4 is 77.9 Å². The molecule has 0 bridgehead atoms. The number of pyridine rings is 2. The summed E-state index contributed by atoms with van der Waals surface area (Å²) in [6.07, 6.45) is 3.89. The number of imidazole rings is 2. The van der Waals surface area contributed by atoms with Gasteiger partial charge in [0.25, 0.3) is 0 Å². The van der Waals surface area contributed by atoms with Crippen LogP contribution in [0, 0.1) is 11.6 Å². The van der Waals surface area contributed by atoms with E-state index in [1.807, 2.05) is 36.4 Å². The zero-order chi connectivity index (χ0) is 30.9. The quantitative estimate of drug-likeness (QED) is 0.177. The molecule has 6 aromatic rings. The largest absolute Gasteiger partial charge is 0.301 e. The first kappa shape index (κ1) is 29.3. The predicted molar refractivity (Wildman–Crippen MR) is 170 cm³/mol. The molecule has 6 nitrogen and oxygen atoms in total. The van der Waals surface area contributed by atoms with E-state index < -0.39 is 11.6 Å². The number of halogens is 6. The van der Waals surface area contributed by atoms with Crippen LogP contribution >= 0.6 is 55.1 Å². The first-order chi connectivity index (χ1) is 21.1. The van der Waals surface area contributed by atoms with Crippen molar-refractivity contribution in [2.45, 2.75) is 24.7 Å². The average Bonchev–Trinajstić information content (AvgIpc) is 3.72. The van der Waals surface area contributed by atoms with Gasteiger partial charge in [0.05, 0.1) is 20.3 Å². The molecule has 4 heterocycles. The molecule has 12 heteroatoms. The molecule has 8 rings (SSSR count). The van der Waals surface area contributed by atoms with Crippen LogP contribution in [-0.4, -0.2) is 30.3 Å². The Morgan fingerprint density at radius 2 is 1.07 bits per heavy atom. The maximum Gasteiger partial charge on any atom is 0.184 e. The number of carbonyl (C=O) groups is 2. The van der Waals surface area contributed by atoms with Crippen LogP contribution in [0.15, 0.2) is 82.0 Å². The summed E-state index contributed by atoms with van der Waals surface area (Å²) >= 11 is 18.9. The first-order valence-corrected chi connectivity index (χ1v) is 15.8. The first-order valence-electron chi connectivity index (χ1n) is 13.4. The van der Waals surface area contributed by atoms with E-state index in [4.69, 9.17) is 23.2 Å². The lowest BCUT2D eigenvalue weighted by atomic mass is 9.96. The van der Waals surface area contributed by atoms with Crippen molar-refractivity contribution in [2.75, 3.05) is 0 Å². The van der Waals surface area contributed by atoms with Crippen molar-refractivity contribution in [1.29, 1.82) is 0 Å². The van der Waals surface area contributed by atoms with Crippen molar-refractivity contribution in [1.82, 2.24) is 18.8 Å². The van der Waals surface area contributed by atoms with E-state index in [0.717, 1.165) is 22.5 Å². The minimum absolute atomic E-state index is 0.0415. The molecule has 2 aromatic carbocycles. The van der Waals surface area contributed by atoms with Gasteiger partial charge in [0.1, 0.15) is 34.3 Å². The Kier molecular flexibility index (Phi) is 7.43. The van der Waals surface area contributed by atoms with Gasteiger partial charge in [-0.25, -0.2) is 18.7 Å². The fourth-order valence-corrected chi connectivity index (χ4v) is 7.15. The molecule has 220 valence electrons. The highest BCUT2D eigenvalue weighted by Gasteiger charge is 2.37. The molecule has 2 aliphatic carbocycles. The fourth-order valence-electron chi connectivity index (χ4n) is 5.98. The molecule has 44 heavy (non-hydrogen) atoms. The molecule has 0 saturated carbocycles. The minimum Gasteiger partial charge on any atom is -0.301 e. The molecular formula is C32H18Br2Cl2F2N4O2.